The SMILES string of the molecule is CC(C)(O)C(C)(C)Nc1nc(Cl)nc(N2CCCC2)n1. The van der Waals surface area contributed by atoms with E-state index in [1.54, 1.807) is 13.8 Å². The molecular weight excluding hydrogens is 278 g/mol. The Bertz CT molecular complexity index is 480. The molecule has 0 radical (unpaired) electrons. The lowest BCUT2D eigenvalue weighted by atomic mass is 9.86. The first-order valence-electron chi connectivity index (χ1n) is 6.86. The summed E-state index contributed by atoms with van der Waals surface area (Å²) in [4.78, 5) is 14.8. The summed E-state index contributed by atoms with van der Waals surface area (Å²) in [5.74, 6) is 0.982. The lowest BCUT2D eigenvalue weighted by Crippen LogP contribution is -2.51. The summed E-state index contributed by atoms with van der Waals surface area (Å²) in [6.45, 7) is 9.14. The second-order valence-corrected chi connectivity index (χ2v) is 6.57. The number of hydrogen-bond acceptors (Lipinski definition) is 6. The van der Waals surface area contributed by atoms with Crippen molar-refractivity contribution < 1.29 is 5.11 Å². The Kier molecular flexibility index (Phi) is 4.07. The number of nitrogens with zero attached hydrogens (tertiary/aromatic N) is 4. The van der Waals surface area contributed by atoms with E-state index in [-0.39, 0.29) is 5.28 Å². The molecule has 1 aliphatic heterocycles. The molecule has 6 nitrogen and oxygen atoms in total. The molecule has 2 N–H and O–H groups in total. The molecule has 0 unspecified atom stereocenters. The van der Waals surface area contributed by atoms with Crippen LogP contribution in [0, 0.1) is 0 Å². The molecule has 0 aliphatic carbocycles. The quantitative estimate of drug-likeness (QED) is 0.887. The highest BCUT2D eigenvalue weighted by Crippen LogP contribution is 2.26. The van der Waals surface area contributed by atoms with Crippen molar-refractivity contribution in [3.8, 4) is 0 Å². The third kappa shape index (κ3) is 3.30. The molecule has 1 aliphatic rings. The van der Waals surface area contributed by atoms with Gasteiger partial charge in [0.1, 0.15) is 0 Å². The van der Waals surface area contributed by atoms with Crippen molar-refractivity contribution in [2.45, 2.75) is 51.7 Å². The number of hydrogen-bond donors (Lipinski definition) is 2. The predicted octanol–water partition coefficient (Wildman–Crippen LogP) is 2.09. The van der Waals surface area contributed by atoms with Crippen LogP contribution in [0.3, 0.4) is 0 Å². The van der Waals surface area contributed by atoms with Gasteiger partial charge in [-0.2, -0.15) is 15.0 Å². The molecule has 1 aromatic rings. The summed E-state index contributed by atoms with van der Waals surface area (Å²) < 4.78 is 0. The minimum atomic E-state index is -0.931. The first-order chi connectivity index (χ1) is 9.19. The van der Waals surface area contributed by atoms with Gasteiger partial charge in [0.15, 0.2) is 0 Å². The van der Waals surface area contributed by atoms with Gasteiger partial charge in [-0.15, -0.1) is 0 Å². The maximum absolute atomic E-state index is 10.2. The number of aromatic nitrogens is 3. The van der Waals surface area contributed by atoms with Gasteiger partial charge in [-0.05, 0) is 52.1 Å². The molecule has 2 heterocycles. The molecule has 0 atom stereocenters. The maximum atomic E-state index is 10.2. The summed E-state index contributed by atoms with van der Waals surface area (Å²) in [6.07, 6.45) is 2.28. The van der Waals surface area contributed by atoms with E-state index in [0.29, 0.717) is 11.9 Å². The number of anilines is 2. The van der Waals surface area contributed by atoms with Crippen LogP contribution in [-0.2, 0) is 0 Å². The van der Waals surface area contributed by atoms with E-state index in [0.717, 1.165) is 25.9 Å². The van der Waals surface area contributed by atoms with E-state index in [4.69, 9.17) is 11.6 Å². The fourth-order valence-electron chi connectivity index (χ4n) is 1.89. The molecule has 1 saturated heterocycles. The van der Waals surface area contributed by atoms with E-state index >= 15 is 0 Å². The maximum Gasteiger partial charge on any atom is 0.231 e. The van der Waals surface area contributed by atoms with E-state index in [9.17, 15) is 5.11 Å². The molecule has 2 rings (SSSR count). The minimum absolute atomic E-state index is 0.163. The van der Waals surface area contributed by atoms with Gasteiger partial charge >= 0.3 is 0 Å². The average molecular weight is 300 g/mol. The van der Waals surface area contributed by atoms with Gasteiger partial charge in [0.05, 0.1) is 11.1 Å². The van der Waals surface area contributed by atoms with Crippen LogP contribution in [0.2, 0.25) is 5.28 Å². The first-order valence-corrected chi connectivity index (χ1v) is 7.24. The molecule has 112 valence electrons. The van der Waals surface area contributed by atoms with Crippen molar-refractivity contribution in [3.63, 3.8) is 0 Å². The molecule has 1 aromatic heterocycles. The third-order valence-corrected chi connectivity index (χ3v) is 4.11. The smallest absolute Gasteiger partial charge is 0.231 e. The monoisotopic (exact) mass is 299 g/mol. The Morgan fingerprint density at radius 3 is 2.25 bits per heavy atom. The van der Waals surface area contributed by atoms with Crippen molar-refractivity contribution in [2.75, 3.05) is 23.3 Å². The Balaban J connectivity index is 2.24. The van der Waals surface area contributed by atoms with E-state index in [2.05, 4.69) is 25.2 Å². The number of aliphatic hydroxyl groups is 1. The summed E-state index contributed by atoms with van der Waals surface area (Å²) >= 11 is 5.98. The van der Waals surface area contributed by atoms with Crippen LogP contribution in [0.15, 0.2) is 0 Å². The van der Waals surface area contributed by atoms with E-state index < -0.39 is 11.1 Å². The van der Waals surface area contributed by atoms with Crippen molar-refractivity contribution in [3.05, 3.63) is 5.28 Å². The van der Waals surface area contributed by atoms with Crippen LogP contribution in [0.1, 0.15) is 40.5 Å². The topological polar surface area (TPSA) is 74.2 Å². The lowest BCUT2D eigenvalue weighted by molar-refractivity contribution is 0.0237. The van der Waals surface area contributed by atoms with Crippen LogP contribution in [0.5, 0.6) is 0 Å². The molecule has 0 amide bonds. The predicted molar refractivity (Wildman–Crippen MR) is 80.3 cm³/mol. The first kappa shape index (κ1) is 15.3. The highest BCUT2D eigenvalue weighted by molar-refractivity contribution is 6.28. The number of halogens is 1. The minimum Gasteiger partial charge on any atom is -0.388 e. The Hall–Kier alpha value is -1.14. The number of rotatable bonds is 4. The van der Waals surface area contributed by atoms with Crippen molar-refractivity contribution in [2.24, 2.45) is 0 Å². The summed E-state index contributed by atoms with van der Waals surface area (Å²) in [5, 5.41) is 13.5. The zero-order valence-electron chi connectivity index (χ0n) is 12.4. The van der Waals surface area contributed by atoms with E-state index in [1.165, 1.54) is 0 Å². The van der Waals surface area contributed by atoms with Crippen LogP contribution in [0.4, 0.5) is 11.9 Å². The van der Waals surface area contributed by atoms with E-state index in [1.807, 2.05) is 13.8 Å². The fourth-order valence-corrected chi connectivity index (χ4v) is 2.04. The van der Waals surface area contributed by atoms with Crippen LogP contribution in [-0.4, -0.2) is 44.3 Å². The summed E-state index contributed by atoms with van der Waals surface area (Å²) in [7, 11) is 0. The van der Waals surface area contributed by atoms with Crippen LogP contribution >= 0.6 is 11.6 Å². The molecule has 20 heavy (non-hydrogen) atoms. The molecule has 0 bridgehead atoms. The molecule has 1 fully saturated rings. The average Bonchev–Trinajstić information content (AvgIpc) is 2.78. The van der Waals surface area contributed by atoms with Crippen molar-refractivity contribution in [1.82, 2.24) is 15.0 Å². The second-order valence-electron chi connectivity index (χ2n) is 6.23. The normalized spacial score (nSPS) is 16.6. The molecule has 0 spiro atoms. The van der Waals surface area contributed by atoms with Gasteiger partial charge < -0.3 is 15.3 Å². The second kappa shape index (κ2) is 5.33. The van der Waals surface area contributed by atoms with Crippen LogP contribution < -0.4 is 10.2 Å². The zero-order chi connectivity index (χ0) is 15.0. The summed E-state index contributed by atoms with van der Waals surface area (Å²) in [5.41, 5.74) is -1.53. The van der Waals surface area contributed by atoms with Crippen LogP contribution in [0.25, 0.3) is 0 Å². The Morgan fingerprint density at radius 2 is 1.70 bits per heavy atom. The van der Waals surface area contributed by atoms with Gasteiger partial charge in [0.2, 0.25) is 17.2 Å². The molecule has 0 saturated carbocycles. The molecule has 0 aromatic carbocycles. The number of nitrogens with one attached hydrogen (secondary N) is 1. The molecule has 7 heteroatoms. The van der Waals surface area contributed by atoms with Crippen molar-refractivity contribution >= 4 is 23.5 Å². The van der Waals surface area contributed by atoms with Gasteiger partial charge in [-0.3, -0.25) is 0 Å². The fraction of sp³-hybridized carbons (Fsp3) is 0.769. The van der Waals surface area contributed by atoms with Gasteiger partial charge in [-0.25, -0.2) is 0 Å². The van der Waals surface area contributed by atoms with Gasteiger partial charge in [0.25, 0.3) is 0 Å². The third-order valence-electron chi connectivity index (χ3n) is 3.94. The highest BCUT2D eigenvalue weighted by Gasteiger charge is 2.36. The zero-order valence-corrected chi connectivity index (χ0v) is 13.2. The highest BCUT2D eigenvalue weighted by atomic mass is 35.5. The summed E-state index contributed by atoms with van der Waals surface area (Å²) in [6, 6.07) is 0. The van der Waals surface area contributed by atoms with Crippen molar-refractivity contribution in [1.29, 1.82) is 0 Å². The largest absolute Gasteiger partial charge is 0.388 e. The van der Waals surface area contributed by atoms with Gasteiger partial charge in [-0.1, -0.05) is 0 Å². The lowest BCUT2D eigenvalue weighted by Gasteiger charge is -2.38. The standard InChI is InChI=1S/C13H22ClN5O/c1-12(2,13(3,4)20)18-10-15-9(14)16-11(17-10)19-7-5-6-8-19/h20H,5-8H2,1-4H3,(H,15,16,17,18). The Morgan fingerprint density at radius 1 is 1.10 bits per heavy atom. The molecular formula is C13H22ClN5O. The van der Waals surface area contributed by atoms with Gasteiger partial charge in [0, 0.05) is 13.1 Å². The Labute approximate surface area is 124 Å².